The molecule has 1 rings (SSSR count). The second-order valence-corrected chi connectivity index (χ2v) is 3.22. The lowest BCUT2D eigenvalue weighted by Crippen LogP contribution is -2.22. The van der Waals surface area contributed by atoms with Gasteiger partial charge in [-0.1, -0.05) is 23.7 Å². The lowest BCUT2D eigenvalue weighted by Gasteiger charge is -2.04. The van der Waals surface area contributed by atoms with Crippen LogP contribution in [-0.2, 0) is 11.3 Å². The molecule has 1 aromatic rings. The molecule has 14 heavy (non-hydrogen) atoms. The predicted molar refractivity (Wildman–Crippen MR) is 55.5 cm³/mol. The van der Waals surface area contributed by atoms with Crippen LogP contribution in [0.1, 0.15) is 5.56 Å². The third-order valence-electron chi connectivity index (χ3n) is 1.49. The number of ether oxygens (including phenoxy) is 1. The summed E-state index contributed by atoms with van der Waals surface area (Å²) in [5.41, 5.74) is 0.874. The fraction of sp³-hybridized carbons (Fsp3) is 0.222. The molecule has 5 heteroatoms. The average molecular weight is 234 g/mol. The topological polar surface area (TPSA) is 38.3 Å². The van der Waals surface area contributed by atoms with E-state index in [2.05, 4.69) is 5.32 Å². The van der Waals surface area contributed by atoms with Crippen LogP contribution in [0.5, 0.6) is 0 Å². The predicted octanol–water partition coefficient (Wildman–Crippen LogP) is 2.76. The van der Waals surface area contributed by atoms with Crippen LogP contribution in [0.4, 0.5) is 4.79 Å². The summed E-state index contributed by atoms with van der Waals surface area (Å²) in [6.45, 7) is 0.208. The Labute approximate surface area is 92.0 Å². The van der Waals surface area contributed by atoms with E-state index in [9.17, 15) is 4.79 Å². The number of alkyl carbamates (subject to hydrolysis) is 1. The molecule has 76 valence electrons. The minimum atomic E-state index is -0.532. The number of hydrogen-bond acceptors (Lipinski definition) is 2. The van der Waals surface area contributed by atoms with Crippen molar-refractivity contribution >= 4 is 29.3 Å². The van der Waals surface area contributed by atoms with Gasteiger partial charge in [-0.15, -0.1) is 11.6 Å². The van der Waals surface area contributed by atoms with Gasteiger partial charge >= 0.3 is 6.09 Å². The Hall–Kier alpha value is -0.930. The average Bonchev–Trinajstić information content (AvgIpc) is 2.17. The number of benzene rings is 1. The monoisotopic (exact) mass is 233 g/mol. The summed E-state index contributed by atoms with van der Waals surface area (Å²) in [5.74, 6) is 0. The van der Waals surface area contributed by atoms with Crippen LogP contribution in [0.3, 0.4) is 0 Å². The van der Waals surface area contributed by atoms with Gasteiger partial charge in [0, 0.05) is 5.02 Å². The van der Waals surface area contributed by atoms with Crippen LogP contribution < -0.4 is 5.32 Å². The second-order valence-electron chi connectivity index (χ2n) is 2.51. The number of carbonyl (C=O) groups excluding carboxylic acids is 1. The third kappa shape index (κ3) is 3.85. The van der Waals surface area contributed by atoms with Crippen LogP contribution in [0, 0.1) is 0 Å². The highest BCUT2D eigenvalue weighted by atomic mass is 35.5. The van der Waals surface area contributed by atoms with Crippen molar-refractivity contribution in [3.05, 3.63) is 34.9 Å². The maximum atomic E-state index is 10.8. The van der Waals surface area contributed by atoms with Crippen molar-refractivity contribution in [1.29, 1.82) is 0 Å². The molecule has 1 N–H and O–H groups in total. The fourth-order valence-electron chi connectivity index (χ4n) is 0.835. The first-order chi connectivity index (χ1) is 6.72. The van der Waals surface area contributed by atoms with E-state index >= 15 is 0 Å². The van der Waals surface area contributed by atoms with Gasteiger partial charge in [0.2, 0.25) is 0 Å². The quantitative estimate of drug-likeness (QED) is 0.645. The van der Waals surface area contributed by atoms with E-state index in [1.165, 1.54) is 0 Å². The summed E-state index contributed by atoms with van der Waals surface area (Å²) in [4.78, 5) is 10.8. The SMILES string of the molecule is O=C(NCCl)OCc1ccc(Cl)cc1. The fourth-order valence-corrected chi connectivity index (χ4v) is 1.07. The van der Waals surface area contributed by atoms with Crippen LogP contribution in [0.15, 0.2) is 24.3 Å². The molecule has 0 aliphatic rings. The van der Waals surface area contributed by atoms with Crippen molar-refractivity contribution in [2.45, 2.75) is 6.61 Å². The van der Waals surface area contributed by atoms with E-state index in [1.807, 2.05) is 0 Å². The van der Waals surface area contributed by atoms with E-state index in [1.54, 1.807) is 24.3 Å². The zero-order valence-electron chi connectivity index (χ0n) is 7.30. The van der Waals surface area contributed by atoms with Crippen LogP contribution >= 0.6 is 23.2 Å². The standard InChI is InChI=1S/C9H9Cl2NO2/c10-6-12-9(13)14-5-7-1-3-8(11)4-2-7/h1-4H,5-6H2,(H,12,13). The molecule has 0 fully saturated rings. The van der Waals surface area contributed by atoms with Crippen LogP contribution in [-0.4, -0.2) is 12.1 Å². The minimum Gasteiger partial charge on any atom is -0.445 e. The molecule has 0 heterocycles. The molecular weight excluding hydrogens is 225 g/mol. The summed E-state index contributed by atoms with van der Waals surface area (Å²) in [6.07, 6.45) is -0.532. The van der Waals surface area contributed by atoms with E-state index in [-0.39, 0.29) is 12.6 Å². The van der Waals surface area contributed by atoms with E-state index in [4.69, 9.17) is 27.9 Å². The molecule has 1 amide bonds. The summed E-state index contributed by atoms with van der Waals surface area (Å²) >= 11 is 11.0. The summed E-state index contributed by atoms with van der Waals surface area (Å²) < 4.78 is 4.83. The lowest BCUT2D eigenvalue weighted by molar-refractivity contribution is 0.141. The first-order valence-electron chi connectivity index (χ1n) is 3.93. The van der Waals surface area contributed by atoms with Crippen molar-refractivity contribution in [2.75, 3.05) is 6.00 Å². The van der Waals surface area contributed by atoms with Crippen LogP contribution in [0.25, 0.3) is 0 Å². The summed E-state index contributed by atoms with van der Waals surface area (Å²) in [5, 5.41) is 2.96. The molecule has 3 nitrogen and oxygen atoms in total. The van der Waals surface area contributed by atoms with Gasteiger partial charge in [0.05, 0.1) is 6.00 Å². The molecule has 0 atom stereocenters. The maximum absolute atomic E-state index is 10.8. The number of alkyl halides is 1. The summed E-state index contributed by atoms with van der Waals surface area (Å²) in [7, 11) is 0. The number of nitrogens with one attached hydrogen (secondary N) is 1. The first-order valence-corrected chi connectivity index (χ1v) is 4.84. The van der Waals surface area contributed by atoms with Gasteiger partial charge in [0.25, 0.3) is 0 Å². The Morgan fingerprint density at radius 1 is 1.36 bits per heavy atom. The molecule has 0 saturated heterocycles. The van der Waals surface area contributed by atoms with Gasteiger partial charge in [-0.05, 0) is 17.7 Å². The van der Waals surface area contributed by atoms with Gasteiger partial charge in [-0.3, -0.25) is 0 Å². The summed E-state index contributed by atoms with van der Waals surface area (Å²) in [6, 6.07) is 7.09. The van der Waals surface area contributed by atoms with Gasteiger partial charge < -0.3 is 10.1 Å². The molecule has 0 unspecified atom stereocenters. The number of hydrogen-bond donors (Lipinski definition) is 1. The first kappa shape index (κ1) is 11.1. The molecule has 0 saturated carbocycles. The Bertz CT molecular complexity index is 300. The van der Waals surface area contributed by atoms with Crippen molar-refractivity contribution < 1.29 is 9.53 Å². The van der Waals surface area contributed by atoms with Crippen molar-refractivity contribution in [3.63, 3.8) is 0 Å². The smallest absolute Gasteiger partial charge is 0.408 e. The maximum Gasteiger partial charge on any atom is 0.408 e. The van der Waals surface area contributed by atoms with E-state index in [0.717, 1.165) is 5.56 Å². The van der Waals surface area contributed by atoms with E-state index < -0.39 is 6.09 Å². The Morgan fingerprint density at radius 2 is 2.00 bits per heavy atom. The highest BCUT2D eigenvalue weighted by Crippen LogP contribution is 2.10. The molecule has 0 aliphatic heterocycles. The molecule has 0 aliphatic carbocycles. The van der Waals surface area contributed by atoms with Crippen molar-refractivity contribution in [3.8, 4) is 0 Å². The Kier molecular flexibility index (Phi) is 4.56. The van der Waals surface area contributed by atoms with Gasteiger partial charge in [-0.25, -0.2) is 4.79 Å². The van der Waals surface area contributed by atoms with Gasteiger partial charge in [0.1, 0.15) is 6.61 Å². The number of amides is 1. The second kappa shape index (κ2) is 5.73. The number of rotatable bonds is 3. The zero-order chi connectivity index (χ0) is 10.4. The highest BCUT2D eigenvalue weighted by Gasteiger charge is 2.00. The Balaban J connectivity index is 2.38. The molecule has 0 bridgehead atoms. The third-order valence-corrected chi connectivity index (χ3v) is 1.88. The number of carbonyl (C=O) groups is 1. The molecule has 0 aromatic heterocycles. The highest BCUT2D eigenvalue weighted by molar-refractivity contribution is 6.30. The zero-order valence-corrected chi connectivity index (χ0v) is 8.81. The van der Waals surface area contributed by atoms with Crippen molar-refractivity contribution in [1.82, 2.24) is 5.32 Å². The molecule has 0 spiro atoms. The minimum absolute atomic E-state index is 0.0411. The Morgan fingerprint density at radius 3 is 2.57 bits per heavy atom. The number of halogens is 2. The molecular formula is C9H9Cl2NO2. The molecule has 0 radical (unpaired) electrons. The van der Waals surface area contributed by atoms with Gasteiger partial charge in [-0.2, -0.15) is 0 Å². The lowest BCUT2D eigenvalue weighted by atomic mass is 10.2. The van der Waals surface area contributed by atoms with E-state index in [0.29, 0.717) is 5.02 Å². The largest absolute Gasteiger partial charge is 0.445 e. The van der Waals surface area contributed by atoms with Crippen molar-refractivity contribution in [2.24, 2.45) is 0 Å². The van der Waals surface area contributed by atoms with Gasteiger partial charge in [0.15, 0.2) is 0 Å². The normalized spacial score (nSPS) is 9.57. The van der Waals surface area contributed by atoms with Crippen LogP contribution in [0.2, 0.25) is 5.02 Å². The molecule has 1 aromatic carbocycles.